The fourth-order valence-corrected chi connectivity index (χ4v) is 1.29. The fraction of sp³-hybridized carbons (Fsp3) is 0.818. The molecule has 0 fully saturated rings. The number of nitrogens with zero attached hydrogens (tertiary/aromatic N) is 1. The summed E-state index contributed by atoms with van der Waals surface area (Å²) in [6.45, 7) is 2.54. The summed E-state index contributed by atoms with van der Waals surface area (Å²) in [5.74, 6) is -0.182. The van der Waals surface area contributed by atoms with Gasteiger partial charge in [-0.15, -0.1) is 0 Å². The van der Waals surface area contributed by atoms with E-state index in [9.17, 15) is 4.79 Å². The highest BCUT2D eigenvalue weighted by atomic mass is 16.5. The zero-order chi connectivity index (χ0) is 12.4. The Kier molecular flexibility index (Phi) is 8.49. The Bertz CT molecular complexity index is 238. The smallest absolute Gasteiger partial charge is 0.237 e. The number of methoxy groups -OCH3 is 1. The minimum atomic E-state index is -0.511. The van der Waals surface area contributed by atoms with Crippen molar-refractivity contribution in [2.24, 2.45) is 5.73 Å². The second kappa shape index (κ2) is 9.13. The molecule has 16 heavy (non-hydrogen) atoms. The van der Waals surface area contributed by atoms with Crippen molar-refractivity contribution >= 4 is 5.91 Å². The summed E-state index contributed by atoms with van der Waals surface area (Å²) >= 11 is 0. The van der Waals surface area contributed by atoms with Crippen LogP contribution in [0.25, 0.3) is 0 Å². The SMILES string of the molecule is CCC(CC#N)NC(=O)C(N)CCCOC. The quantitative estimate of drug-likeness (QED) is 0.593. The number of amides is 1. The first kappa shape index (κ1) is 14.9. The number of nitrogens with one attached hydrogen (secondary N) is 1. The number of ether oxygens (including phenoxy) is 1. The summed E-state index contributed by atoms with van der Waals surface area (Å²) in [7, 11) is 1.62. The highest BCUT2D eigenvalue weighted by molar-refractivity contribution is 5.81. The molecule has 0 aromatic heterocycles. The van der Waals surface area contributed by atoms with Gasteiger partial charge >= 0.3 is 0 Å². The van der Waals surface area contributed by atoms with Crippen molar-refractivity contribution in [1.29, 1.82) is 5.26 Å². The van der Waals surface area contributed by atoms with Gasteiger partial charge in [0.2, 0.25) is 5.91 Å². The van der Waals surface area contributed by atoms with E-state index in [-0.39, 0.29) is 11.9 Å². The predicted octanol–water partition coefficient (Wildman–Crippen LogP) is 0.549. The van der Waals surface area contributed by atoms with Crippen LogP contribution >= 0.6 is 0 Å². The fourth-order valence-electron chi connectivity index (χ4n) is 1.29. The molecule has 1 amide bonds. The molecule has 92 valence electrons. The highest BCUT2D eigenvalue weighted by Crippen LogP contribution is 1.99. The lowest BCUT2D eigenvalue weighted by Gasteiger charge is -2.17. The molecule has 0 aliphatic heterocycles. The molecule has 0 aliphatic carbocycles. The van der Waals surface area contributed by atoms with E-state index in [0.29, 0.717) is 19.4 Å². The summed E-state index contributed by atoms with van der Waals surface area (Å²) < 4.78 is 4.88. The standard InChI is InChI=1S/C11H21N3O2/c1-3-9(6-7-12)14-11(15)10(13)5-4-8-16-2/h9-10H,3-6,8,13H2,1-2H3,(H,14,15). The molecule has 0 radical (unpaired) electrons. The van der Waals surface area contributed by atoms with E-state index in [2.05, 4.69) is 5.32 Å². The van der Waals surface area contributed by atoms with Crippen LogP contribution in [0.1, 0.15) is 32.6 Å². The number of nitrogens with two attached hydrogens (primary N) is 1. The Balaban J connectivity index is 3.89. The molecule has 0 saturated carbocycles. The van der Waals surface area contributed by atoms with Crippen molar-refractivity contribution in [2.45, 2.75) is 44.7 Å². The zero-order valence-corrected chi connectivity index (χ0v) is 10.0. The summed E-state index contributed by atoms with van der Waals surface area (Å²) in [5, 5.41) is 11.3. The molecule has 0 saturated heterocycles. The Labute approximate surface area is 96.9 Å². The van der Waals surface area contributed by atoms with Crippen LogP contribution in [-0.2, 0) is 9.53 Å². The van der Waals surface area contributed by atoms with Crippen LogP contribution in [0.15, 0.2) is 0 Å². The van der Waals surface area contributed by atoms with Crippen molar-refractivity contribution < 1.29 is 9.53 Å². The summed E-state index contributed by atoms with van der Waals surface area (Å²) in [4.78, 5) is 11.6. The number of carbonyl (C=O) groups is 1. The summed E-state index contributed by atoms with van der Waals surface area (Å²) in [5.41, 5.74) is 5.71. The van der Waals surface area contributed by atoms with Gasteiger partial charge in [-0.1, -0.05) is 6.92 Å². The Morgan fingerprint density at radius 3 is 2.81 bits per heavy atom. The van der Waals surface area contributed by atoms with E-state index in [4.69, 9.17) is 15.7 Å². The lowest BCUT2D eigenvalue weighted by atomic mass is 10.1. The molecule has 0 spiro atoms. The third-order valence-electron chi connectivity index (χ3n) is 2.38. The molecule has 2 atom stereocenters. The van der Waals surface area contributed by atoms with E-state index in [1.54, 1.807) is 7.11 Å². The van der Waals surface area contributed by atoms with Crippen LogP contribution in [0.2, 0.25) is 0 Å². The maximum Gasteiger partial charge on any atom is 0.237 e. The normalized spacial score (nSPS) is 13.9. The Hall–Kier alpha value is -1.12. The molecule has 3 N–H and O–H groups in total. The molecule has 0 bridgehead atoms. The average molecular weight is 227 g/mol. The van der Waals surface area contributed by atoms with Crippen LogP contribution in [0.3, 0.4) is 0 Å². The van der Waals surface area contributed by atoms with Crippen LogP contribution in [-0.4, -0.2) is 31.7 Å². The van der Waals surface area contributed by atoms with Crippen LogP contribution in [0.4, 0.5) is 0 Å². The van der Waals surface area contributed by atoms with Crippen molar-refractivity contribution in [2.75, 3.05) is 13.7 Å². The maximum atomic E-state index is 11.6. The van der Waals surface area contributed by atoms with E-state index in [1.807, 2.05) is 13.0 Å². The van der Waals surface area contributed by atoms with Crippen LogP contribution in [0.5, 0.6) is 0 Å². The molecule has 0 rings (SSSR count). The molecule has 0 aromatic carbocycles. The van der Waals surface area contributed by atoms with Gasteiger partial charge in [-0.25, -0.2) is 0 Å². The van der Waals surface area contributed by atoms with Gasteiger partial charge in [-0.05, 0) is 19.3 Å². The Morgan fingerprint density at radius 2 is 2.31 bits per heavy atom. The molecule has 5 nitrogen and oxygen atoms in total. The third-order valence-corrected chi connectivity index (χ3v) is 2.38. The minimum Gasteiger partial charge on any atom is -0.385 e. The van der Waals surface area contributed by atoms with Gasteiger partial charge in [0.25, 0.3) is 0 Å². The molecule has 0 aromatic rings. The number of rotatable bonds is 8. The van der Waals surface area contributed by atoms with E-state index in [1.165, 1.54) is 0 Å². The predicted molar refractivity (Wildman–Crippen MR) is 61.5 cm³/mol. The molecular formula is C11H21N3O2. The number of carbonyl (C=O) groups excluding carboxylic acids is 1. The molecule has 0 aliphatic rings. The zero-order valence-electron chi connectivity index (χ0n) is 10.0. The molecular weight excluding hydrogens is 206 g/mol. The largest absolute Gasteiger partial charge is 0.385 e. The van der Waals surface area contributed by atoms with Gasteiger partial charge in [0, 0.05) is 19.8 Å². The van der Waals surface area contributed by atoms with Crippen LogP contribution < -0.4 is 11.1 Å². The first-order chi connectivity index (χ1) is 7.65. The molecule has 2 unspecified atom stereocenters. The monoisotopic (exact) mass is 227 g/mol. The first-order valence-electron chi connectivity index (χ1n) is 5.57. The first-order valence-corrected chi connectivity index (χ1v) is 5.57. The third kappa shape index (κ3) is 6.38. The van der Waals surface area contributed by atoms with Crippen molar-refractivity contribution in [3.63, 3.8) is 0 Å². The number of nitriles is 1. The number of hydrogen-bond donors (Lipinski definition) is 2. The van der Waals surface area contributed by atoms with E-state index in [0.717, 1.165) is 12.8 Å². The molecule has 5 heteroatoms. The maximum absolute atomic E-state index is 11.6. The topological polar surface area (TPSA) is 88.1 Å². The minimum absolute atomic E-state index is 0.0917. The number of hydrogen-bond acceptors (Lipinski definition) is 4. The van der Waals surface area contributed by atoms with Gasteiger partial charge in [0.15, 0.2) is 0 Å². The second-order valence-corrected chi connectivity index (χ2v) is 3.72. The van der Waals surface area contributed by atoms with Crippen molar-refractivity contribution in [3.8, 4) is 6.07 Å². The summed E-state index contributed by atoms with van der Waals surface area (Å²) in [6.07, 6.45) is 2.43. The van der Waals surface area contributed by atoms with Gasteiger partial charge in [-0.3, -0.25) is 4.79 Å². The lowest BCUT2D eigenvalue weighted by molar-refractivity contribution is -0.123. The second-order valence-electron chi connectivity index (χ2n) is 3.72. The average Bonchev–Trinajstić information content (AvgIpc) is 2.28. The Morgan fingerprint density at radius 1 is 1.62 bits per heavy atom. The van der Waals surface area contributed by atoms with Crippen molar-refractivity contribution in [1.82, 2.24) is 5.32 Å². The van der Waals surface area contributed by atoms with Gasteiger partial charge in [0.1, 0.15) is 0 Å². The van der Waals surface area contributed by atoms with Crippen LogP contribution in [0, 0.1) is 11.3 Å². The molecule has 0 heterocycles. The summed E-state index contributed by atoms with van der Waals surface area (Å²) in [6, 6.07) is 1.44. The van der Waals surface area contributed by atoms with E-state index < -0.39 is 6.04 Å². The lowest BCUT2D eigenvalue weighted by Crippen LogP contribution is -2.45. The van der Waals surface area contributed by atoms with Gasteiger partial charge < -0.3 is 15.8 Å². The van der Waals surface area contributed by atoms with Crippen molar-refractivity contribution in [3.05, 3.63) is 0 Å². The van der Waals surface area contributed by atoms with Gasteiger partial charge in [-0.2, -0.15) is 5.26 Å². The van der Waals surface area contributed by atoms with Gasteiger partial charge in [0.05, 0.1) is 18.5 Å². The highest BCUT2D eigenvalue weighted by Gasteiger charge is 2.16. The van der Waals surface area contributed by atoms with E-state index >= 15 is 0 Å².